The van der Waals surface area contributed by atoms with E-state index in [4.69, 9.17) is 0 Å². The summed E-state index contributed by atoms with van der Waals surface area (Å²) in [5.74, 6) is 0.982. The Morgan fingerprint density at radius 3 is 2.60 bits per heavy atom. The Balaban J connectivity index is 2.25. The molecule has 0 amide bonds. The van der Waals surface area contributed by atoms with Crippen LogP contribution in [-0.4, -0.2) is 10.2 Å². The van der Waals surface area contributed by atoms with Gasteiger partial charge in [-0.1, -0.05) is 45.4 Å². The summed E-state index contributed by atoms with van der Waals surface area (Å²) in [6.07, 6.45) is 8.55. The van der Waals surface area contributed by atoms with Crippen molar-refractivity contribution in [1.82, 2.24) is 0 Å². The highest BCUT2D eigenvalue weighted by atomic mass is 28.1. The Bertz CT molecular complexity index is 88.7. The molecule has 0 nitrogen and oxygen atoms in total. The Morgan fingerprint density at radius 2 is 2.00 bits per heavy atom. The van der Waals surface area contributed by atoms with E-state index in [2.05, 4.69) is 17.2 Å². The molecule has 0 aromatic heterocycles. The van der Waals surface area contributed by atoms with E-state index in [0.29, 0.717) is 0 Å². The van der Waals surface area contributed by atoms with Crippen molar-refractivity contribution in [3.05, 3.63) is 0 Å². The molecule has 2 atom stereocenters. The van der Waals surface area contributed by atoms with Crippen LogP contribution < -0.4 is 0 Å². The average molecular weight is 153 g/mol. The molecule has 0 aromatic rings. The van der Waals surface area contributed by atoms with Crippen molar-refractivity contribution in [1.29, 1.82) is 0 Å². The molecule has 0 aliphatic heterocycles. The first kappa shape index (κ1) is 8.31. The van der Waals surface area contributed by atoms with Gasteiger partial charge in [-0.05, 0) is 11.5 Å². The monoisotopic (exact) mass is 153 g/mol. The van der Waals surface area contributed by atoms with E-state index in [-0.39, 0.29) is 0 Å². The van der Waals surface area contributed by atoms with Gasteiger partial charge in [-0.15, -0.1) is 0 Å². The molecule has 2 unspecified atom stereocenters. The lowest BCUT2D eigenvalue weighted by atomic mass is 9.85. The van der Waals surface area contributed by atoms with Gasteiger partial charge in [0, 0.05) is 10.2 Å². The van der Waals surface area contributed by atoms with Gasteiger partial charge in [-0.2, -0.15) is 0 Å². The summed E-state index contributed by atoms with van der Waals surface area (Å²) in [6, 6.07) is 0. The number of hydrogen-bond acceptors (Lipinski definition) is 0. The minimum Gasteiger partial charge on any atom is -0.0654 e. The zero-order valence-electron chi connectivity index (χ0n) is 6.90. The second-order valence-corrected chi connectivity index (χ2v) is 4.18. The minimum absolute atomic E-state index is 0.827. The lowest BCUT2D eigenvalue weighted by molar-refractivity contribution is 0.337. The van der Waals surface area contributed by atoms with Gasteiger partial charge in [0.25, 0.3) is 0 Å². The lowest BCUT2D eigenvalue weighted by Crippen LogP contribution is -2.14. The first-order valence-electron chi connectivity index (χ1n) is 4.55. The molecule has 1 rings (SSSR count). The fraction of sp³-hybridized carbons (Fsp3) is 1.00. The van der Waals surface area contributed by atoms with Crippen molar-refractivity contribution >= 4 is 10.2 Å². The van der Waals surface area contributed by atoms with Gasteiger partial charge in [0.2, 0.25) is 0 Å². The van der Waals surface area contributed by atoms with Crippen molar-refractivity contribution in [3.8, 4) is 0 Å². The van der Waals surface area contributed by atoms with Crippen molar-refractivity contribution in [3.63, 3.8) is 0 Å². The maximum absolute atomic E-state index is 3.80. The fourth-order valence-electron chi connectivity index (χ4n) is 1.92. The summed E-state index contributed by atoms with van der Waals surface area (Å²) >= 11 is 0. The van der Waals surface area contributed by atoms with Gasteiger partial charge in [0.05, 0.1) is 0 Å². The summed E-state index contributed by atoms with van der Waals surface area (Å²) in [5, 5.41) is 0. The highest BCUT2D eigenvalue weighted by Gasteiger charge is 2.19. The standard InChI is InChI=1S/C9H17Si/c1-2-5-8-6-3-4-7-9(8)10/h8-9H,2-7H2,1H3. The zero-order valence-corrected chi connectivity index (χ0v) is 7.90. The van der Waals surface area contributed by atoms with Crippen LogP contribution in [0.25, 0.3) is 0 Å². The van der Waals surface area contributed by atoms with Gasteiger partial charge < -0.3 is 0 Å². The summed E-state index contributed by atoms with van der Waals surface area (Å²) in [4.78, 5) is 0. The molecule has 0 N–H and O–H groups in total. The summed E-state index contributed by atoms with van der Waals surface area (Å²) in [7, 11) is 3.80. The molecule has 3 radical (unpaired) electrons. The van der Waals surface area contributed by atoms with Crippen molar-refractivity contribution in [2.24, 2.45) is 5.92 Å². The largest absolute Gasteiger partial charge is 0.0654 e. The van der Waals surface area contributed by atoms with E-state index in [1.54, 1.807) is 0 Å². The molecule has 1 aliphatic rings. The van der Waals surface area contributed by atoms with E-state index in [0.717, 1.165) is 11.5 Å². The third-order valence-electron chi connectivity index (χ3n) is 2.57. The molecular formula is C9H17Si. The maximum Gasteiger partial charge on any atom is 0.0270 e. The van der Waals surface area contributed by atoms with Gasteiger partial charge in [-0.25, -0.2) is 0 Å². The predicted molar refractivity (Wildman–Crippen MR) is 46.4 cm³/mol. The molecule has 1 heteroatoms. The van der Waals surface area contributed by atoms with E-state index < -0.39 is 0 Å². The Labute approximate surface area is 67.8 Å². The first-order chi connectivity index (χ1) is 4.84. The highest BCUT2D eigenvalue weighted by Crippen LogP contribution is 2.34. The second-order valence-electron chi connectivity index (χ2n) is 3.44. The normalized spacial score (nSPS) is 34.2. The first-order valence-corrected chi connectivity index (χ1v) is 5.13. The van der Waals surface area contributed by atoms with Gasteiger partial charge in [0.1, 0.15) is 0 Å². The van der Waals surface area contributed by atoms with Crippen LogP contribution in [0.2, 0.25) is 5.54 Å². The van der Waals surface area contributed by atoms with E-state index >= 15 is 0 Å². The van der Waals surface area contributed by atoms with Gasteiger partial charge in [0.15, 0.2) is 0 Å². The van der Waals surface area contributed by atoms with Gasteiger partial charge >= 0.3 is 0 Å². The molecule has 0 saturated heterocycles. The Morgan fingerprint density at radius 1 is 1.30 bits per heavy atom. The van der Waals surface area contributed by atoms with Gasteiger partial charge in [-0.3, -0.25) is 0 Å². The molecule has 57 valence electrons. The van der Waals surface area contributed by atoms with Crippen molar-refractivity contribution in [2.45, 2.75) is 51.0 Å². The van der Waals surface area contributed by atoms with Crippen LogP contribution in [0.15, 0.2) is 0 Å². The van der Waals surface area contributed by atoms with Crippen molar-refractivity contribution in [2.75, 3.05) is 0 Å². The molecule has 0 bridgehead atoms. The molecule has 10 heavy (non-hydrogen) atoms. The number of hydrogen-bond donors (Lipinski definition) is 0. The second kappa shape index (κ2) is 4.17. The van der Waals surface area contributed by atoms with E-state index in [1.165, 1.54) is 38.5 Å². The smallest absolute Gasteiger partial charge is 0.0270 e. The zero-order chi connectivity index (χ0) is 7.40. The molecule has 1 fully saturated rings. The van der Waals surface area contributed by atoms with Crippen molar-refractivity contribution < 1.29 is 0 Å². The molecule has 0 heterocycles. The topological polar surface area (TPSA) is 0 Å². The van der Waals surface area contributed by atoms with E-state index in [1.807, 2.05) is 0 Å². The quantitative estimate of drug-likeness (QED) is 0.535. The molecular weight excluding hydrogens is 136 g/mol. The van der Waals surface area contributed by atoms with Crippen LogP contribution >= 0.6 is 0 Å². The van der Waals surface area contributed by atoms with Crippen LogP contribution in [0.1, 0.15) is 45.4 Å². The summed E-state index contributed by atoms with van der Waals surface area (Å²) in [6.45, 7) is 2.29. The Kier molecular flexibility index (Phi) is 3.47. The minimum atomic E-state index is 0.827. The third kappa shape index (κ3) is 2.12. The number of rotatable bonds is 2. The SMILES string of the molecule is CCCC1CCCCC1[Si]. The Hall–Kier alpha value is 0.217. The van der Waals surface area contributed by atoms with Crippen LogP contribution in [0.5, 0.6) is 0 Å². The maximum atomic E-state index is 3.80. The molecule has 0 aromatic carbocycles. The third-order valence-corrected chi connectivity index (χ3v) is 3.33. The van der Waals surface area contributed by atoms with Crippen LogP contribution in [-0.2, 0) is 0 Å². The van der Waals surface area contributed by atoms with Crippen LogP contribution in [0.4, 0.5) is 0 Å². The lowest BCUT2D eigenvalue weighted by Gasteiger charge is -2.28. The summed E-state index contributed by atoms with van der Waals surface area (Å²) < 4.78 is 0. The fourth-order valence-corrected chi connectivity index (χ4v) is 2.46. The average Bonchev–Trinajstić information content (AvgIpc) is 1.94. The van der Waals surface area contributed by atoms with Crippen LogP contribution in [0.3, 0.4) is 0 Å². The van der Waals surface area contributed by atoms with Crippen LogP contribution in [0, 0.1) is 5.92 Å². The molecule has 1 aliphatic carbocycles. The molecule has 1 saturated carbocycles. The van der Waals surface area contributed by atoms with E-state index in [9.17, 15) is 0 Å². The highest BCUT2D eigenvalue weighted by molar-refractivity contribution is 6.11. The summed E-state index contributed by atoms with van der Waals surface area (Å²) in [5.41, 5.74) is 0.827. The predicted octanol–water partition coefficient (Wildman–Crippen LogP) is 2.93. The molecule has 0 spiro atoms.